The molecular weight excluding hydrogens is 346 g/mol. The van der Waals surface area contributed by atoms with Gasteiger partial charge in [-0.3, -0.25) is 4.79 Å². The Kier molecular flexibility index (Phi) is 5.55. The largest absolute Gasteiger partial charge is 0.454 e. The van der Waals surface area contributed by atoms with E-state index in [4.69, 9.17) is 18.9 Å². The summed E-state index contributed by atoms with van der Waals surface area (Å²) < 4.78 is 22.2. The van der Waals surface area contributed by atoms with Gasteiger partial charge in [-0.2, -0.15) is 0 Å². The molecule has 2 heterocycles. The van der Waals surface area contributed by atoms with E-state index >= 15 is 0 Å². The van der Waals surface area contributed by atoms with E-state index in [0.717, 1.165) is 23.3 Å². The summed E-state index contributed by atoms with van der Waals surface area (Å²) in [5.74, 6) is 1.38. The number of carbonyl (C=O) groups is 1. The van der Waals surface area contributed by atoms with E-state index in [1.54, 1.807) is 0 Å². The Morgan fingerprint density at radius 1 is 1.07 bits per heavy atom. The highest BCUT2D eigenvalue weighted by Crippen LogP contribution is 2.32. The number of fused-ring (bicyclic) bond motifs is 1. The van der Waals surface area contributed by atoms with Crippen LogP contribution >= 0.6 is 0 Å². The summed E-state index contributed by atoms with van der Waals surface area (Å²) in [6, 6.07) is 15.5. The molecule has 27 heavy (non-hydrogen) atoms. The van der Waals surface area contributed by atoms with Gasteiger partial charge >= 0.3 is 0 Å². The molecule has 142 valence electrons. The summed E-state index contributed by atoms with van der Waals surface area (Å²) >= 11 is 0. The van der Waals surface area contributed by atoms with Crippen molar-refractivity contribution in [3.63, 3.8) is 0 Å². The third-order valence-corrected chi connectivity index (χ3v) is 4.76. The van der Waals surface area contributed by atoms with Crippen LogP contribution in [0.4, 0.5) is 0 Å². The lowest BCUT2D eigenvalue weighted by atomic mass is 10.0. The Labute approximate surface area is 158 Å². The fraction of sp³-hybridized carbons (Fsp3) is 0.381. The van der Waals surface area contributed by atoms with Crippen LogP contribution in [-0.2, 0) is 27.3 Å². The van der Waals surface area contributed by atoms with Crippen molar-refractivity contribution in [2.24, 2.45) is 0 Å². The van der Waals surface area contributed by atoms with Crippen molar-refractivity contribution >= 4 is 5.91 Å². The second-order valence-electron chi connectivity index (χ2n) is 6.74. The minimum absolute atomic E-state index is 0.0333. The number of amides is 1. The zero-order valence-corrected chi connectivity index (χ0v) is 15.1. The highest BCUT2D eigenvalue weighted by molar-refractivity contribution is 5.79. The van der Waals surface area contributed by atoms with Crippen molar-refractivity contribution in [1.29, 1.82) is 0 Å². The maximum atomic E-state index is 12.5. The first-order valence-electron chi connectivity index (χ1n) is 9.19. The average Bonchev–Trinajstić information content (AvgIpc) is 3.16. The normalized spacial score (nSPS) is 21.0. The average molecular weight is 369 g/mol. The topological polar surface area (TPSA) is 66.0 Å². The quantitative estimate of drug-likeness (QED) is 0.847. The van der Waals surface area contributed by atoms with Crippen molar-refractivity contribution in [3.05, 3.63) is 59.7 Å². The lowest BCUT2D eigenvalue weighted by molar-refractivity contribution is -0.126. The van der Waals surface area contributed by atoms with Crippen LogP contribution in [0.25, 0.3) is 0 Å². The second-order valence-corrected chi connectivity index (χ2v) is 6.74. The minimum Gasteiger partial charge on any atom is -0.454 e. The minimum atomic E-state index is -0.153. The number of rotatable bonds is 6. The Morgan fingerprint density at radius 3 is 2.81 bits per heavy atom. The zero-order chi connectivity index (χ0) is 18.5. The molecule has 2 atom stereocenters. The first-order chi connectivity index (χ1) is 13.3. The Morgan fingerprint density at radius 2 is 1.93 bits per heavy atom. The molecule has 1 N–H and O–H groups in total. The molecule has 4 rings (SSSR count). The third-order valence-electron chi connectivity index (χ3n) is 4.76. The van der Waals surface area contributed by atoms with E-state index in [0.29, 0.717) is 32.0 Å². The van der Waals surface area contributed by atoms with Crippen molar-refractivity contribution < 1.29 is 23.7 Å². The van der Waals surface area contributed by atoms with Gasteiger partial charge < -0.3 is 24.3 Å². The lowest BCUT2D eigenvalue weighted by Crippen LogP contribution is -2.50. The van der Waals surface area contributed by atoms with Crippen LogP contribution in [0.2, 0.25) is 0 Å². The molecule has 1 saturated heterocycles. The number of carbonyl (C=O) groups excluding carboxylic acids is 1. The standard InChI is InChI=1S/C21H23NO5/c23-21(11-16-6-7-18-19(10-16)27-14-26-18)22-17-8-9-24-13-20(17)25-12-15-4-2-1-3-5-15/h1-7,10,17,20H,8-9,11-14H2,(H,22,23)/t17-,20-/m1/s1. The van der Waals surface area contributed by atoms with Crippen molar-refractivity contribution in [2.45, 2.75) is 31.6 Å². The molecule has 0 radical (unpaired) electrons. The van der Waals surface area contributed by atoms with E-state index in [1.807, 2.05) is 48.5 Å². The number of hydrogen-bond acceptors (Lipinski definition) is 5. The van der Waals surface area contributed by atoms with E-state index in [9.17, 15) is 4.79 Å². The van der Waals surface area contributed by atoms with E-state index < -0.39 is 0 Å². The van der Waals surface area contributed by atoms with Gasteiger partial charge in [0.2, 0.25) is 12.7 Å². The molecular formula is C21H23NO5. The molecule has 0 aromatic heterocycles. The lowest BCUT2D eigenvalue weighted by Gasteiger charge is -2.32. The Balaban J connectivity index is 1.32. The molecule has 1 fully saturated rings. The van der Waals surface area contributed by atoms with E-state index in [1.165, 1.54) is 0 Å². The summed E-state index contributed by atoms with van der Waals surface area (Å²) in [6.45, 7) is 1.85. The zero-order valence-electron chi connectivity index (χ0n) is 15.1. The number of nitrogens with one attached hydrogen (secondary N) is 1. The van der Waals surface area contributed by atoms with Crippen LogP contribution in [0.1, 0.15) is 17.5 Å². The van der Waals surface area contributed by atoms with Gasteiger partial charge in [-0.05, 0) is 29.7 Å². The molecule has 0 unspecified atom stereocenters. The van der Waals surface area contributed by atoms with Gasteiger partial charge in [-0.25, -0.2) is 0 Å². The van der Waals surface area contributed by atoms with Gasteiger partial charge in [0.1, 0.15) is 6.10 Å². The van der Waals surface area contributed by atoms with E-state index in [2.05, 4.69) is 5.32 Å². The first-order valence-corrected chi connectivity index (χ1v) is 9.19. The molecule has 6 heteroatoms. The highest BCUT2D eigenvalue weighted by atomic mass is 16.7. The van der Waals surface area contributed by atoms with Gasteiger partial charge in [0.05, 0.1) is 25.7 Å². The summed E-state index contributed by atoms with van der Waals surface area (Å²) in [5.41, 5.74) is 2.00. The Bertz CT molecular complexity index is 779. The van der Waals surface area contributed by atoms with Crippen LogP contribution < -0.4 is 14.8 Å². The van der Waals surface area contributed by atoms with Crippen LogP contribution in [0.5, 0.6) is 11.5 Å². The van der Waals surface area contributed by atoms with Crippen LogP contribution in [0.3, 0.4) is 0 Å². The molecule has 2 aromatic rings. The third kappa shape index (κ3) is 4.59. The SMILES string of the molecule is O=C(Cc1ccc2c(c1)OCO2)N[C@@H]1CCOC[C@H]1OCc1ccccc1. The summed E-state index contributed by atoms with van der Waals surface area (Å²) in [7, 11) is 0. The second kappa shape index (κ2) is 8.41. The van der Waals surface area contributed by atoms with Crippen molar-refractivity contribution in [3.8, 4) is 11.5 Å². The Hall–Kier alpha value is -2.57. The van der Waals surface area contributed by atoms with Gasteiger partial charge in [0, 0.05) is 6.61 Å². The molecule has 0 aliphatic carbocycles. The monoisotopic (exact) mass is 369 g/mol. The molecule has 0 spiro atoms. The molecule has 6 nitrogen and oxygen atoms in total. The predicted molar refractivity (Wildman–Crippen MR) is 98.7 cm³/mol. The summed E-state index contributed by atoms with van der Waals surface area (Å²) in [4.78, 5) is 12.5. The van der Waals surface area contributed by atoms with Gasteiger partial charge in [0.15, 0.2) is 11.5 Å². The number of benzene rings is 2. The molecule has 1 amide bonds. The van der Waals surface area contributed by atoms with Crippen LogP contribution in [-0.4, -0.2) is 38.1 Å². The number of ether oxygens (including phenoxy) is 4. The van der Waals surface area contributed by atoms with Crippen molar-refractivity contribution in [1.82, 2.24) is 5.32 Å². The molecule has 0 bridgehead atoms. The van der Waals surface area contributed by atoms with Gasteiger partial charge in [-0.1, -0.05) is 36.4 Å². The maximum Gasteiger partial charge on any atom is 0.231 e. The summed E-state index contributed by atoms with van der Waals surface area (Å²) in [6.07, 6.45) is 0.880. The molecule has 0 saturated carbocycles. The van der Waals surface area contributed by atoms with Crippen LogP contribution in [0, 0.1) is 0 Å². The van der Waals surface area contributed by atoms with Gasteiger partial charge in [0.25, 0.3) is 0 Å². The molecule has 2 aliphatic heterocycles. The molecule has 2 aliphatic rings. The predicted octanol–water partition coefficient (Wildman–Crippen LogP) is 2.45. The smallest absolute Gasteiger partial charge is 0.231 e. The fourth-order valence-corrected chi connectivity index (χ4v) is 3.31. The van der Waals surface area contributed by atoms with Crippen molar-refractivity contribution in [2.75, 3.05) is 20.0 Å². The molecule has 2 aromatic carbocycles. The number of hydrogen-bond donors (Lipinski definition) is 1. The summed E-state index contributed by atoms with van der Waals surface area (Å²) in [5, 5.41) is 3.11. The fourth-order valence-electron chi connectivity index (χ4n) is 3.31. The van der Waals surface area contributed by atoms with Crippen LogP contribution in [0.15, 0.2) is 48.5 Å². The first kappa shape index (κ1) is 17.8. The van der Waals surface area contributed by atoms with Gasteiger partial charge in [-0.15, -0.1) is 0 Å². The highest BCUT2D eigenvalue weighted by Gasteiger charge is 2.28. The maximum absolute atomic E-state index is 12.5. The van der Waals surface area contributed by atoms with E-state index in [-0.39, 0.29) is 24.8 Å².